The fraction of sp³-hybridized carbons (Fsp3) is 0.809. The van der Waals surface area contributed by atoms with Crippen molar-refractivity contribution < 1.29 is 42.5 Å². The second-order valence-electron chi connectivity index (χ2n) is 20.5. The highest BCUT2D eigenvalue weighted by molar-refractivity contribution is 6.74. The Hall–Kier alpha value is -2.23. The average Bonchev–Trinajstić information content (AvgIpc) is 3.70. The van der Waals surface area contributed by atoms with Crippen LogP contribution in [0.2, 0.25) is 18.1 Å². The third kappa shape index (κ3) is 12.9. The second kappa shape index (κ2) is 21.4. The zero-order valence-corrected chi connectivity index (χ0v) is 40.7. The predicted octanol–water partition coefficient (Wildman–Crippen LogP) is 7.45. The van der Waals surface area contributed by atoms with Crippen LogP contribution < -0.4 is 0 Å². The lowest BCUT2D eigenvalue weighted by Crippen LogP contribution is -2.60. The highest BCUT2D eigenvalue weighted by Gasteiger charge is 2.52. The van der Waals surface area contributed by atoms with Gasteiger partial charge in [-0.05, 0) is 136 Å². The van der Waals surface area contributed by atoms with Crippen molar-refractivity contribution in [3.8, 4) is 0 Å². The molecule has 3 heterocycles. The van der Waals surface area contributed by atoms with E-state index in [4.69, 9.17) is 28.1 Å². The zero-order valence-electron chi connectivity index (χ0n) is 39.7. The molecule has 4 rings (SSSR count). The Labute approximate surface area is 363 Å². The summed E-state index contributed by atoms with van der Waals surface area (Å²) in [7, 11) is 3.53. The number of likely N-dealkylation sites (tertiary alicyclic amines) is 1. The van der Waals surface area contributed by atoms with E-state index in [1.54, 1.807) is 52.1 Å². The maximum atomic E-state index is 14.8. The number of esters is 2. The zero-order chi connectivity index (χ0) is 44.6. The van der Waals surface area contributed by atoms with Gasteiger partial charge in [0.1, 0.15) is 12.0 Å². The lowest BCUT2D eigenvalue weighted by Gasteiger charge is -2.48. The number of hydrogen-bond donors (Lipinski definition) is 0. The van der Waals surface area contributed by atoms with Crippen LogP contribution in [0.3, 0.4) is 0 Å². The first-order chi connectivity index (χ1) is 28.0. The molecule has 0 saturated carbocycles. The molecule has 0 unspecified atom stereocenters. The number of nitrogens with zero attached hydrogens (tertiary/aromatic N) is 3. The molecule has 0 aliphatic carbocycles. The molecule has 0 radical (unpaired) electrons. The quantitative estimate of drug-likeness (QED) is 0.105. The Bertz CT molecular complexity index is 1530. The number of carbonyl (C=O) groups excluding carboxylic acids is 3. The highest BCUT2D eigenvalue weighted by Crippen LogP contribution is 2.40. The van der Waals surface area contributed by atoms with E-state index in [0.29, 0.717) is 38.1 Å². The molecule has 3 aliphatic heterocycles. The van der Waals surface area contributed by atoms with Crippen LogP contribution in [0.1, 0.15) is 111 Å². The van der Waals surface area contributed by atoms with Gasteiger partial charge in [-0.3, -0.25) is 14.5 Å². The molecule has 60 heavy (non-hydrogen) atoms. The molecule has 3 saturated heterocycles. The van der Waals surface area contributed by atoms with Crippen LogP contribution in [0.5, 0.6) is 0 Å². The van der Waals surface area contributed by atoms with Crippen LogP contribution in [-0.2, 0) is 37.7 Å². The van der Waals surface area contributed by atoms with Gasteiger partial charge in [0.15, 0.2) is 26.5 Å². The monoisotopic (exact) mass is 860 g/mol. The topological polar surface area (TPSA) is 116 Å². The summed E-state index contributed by atoms with van der Waals surface area (Å²) in [5.41, 5.74) is -2.09. The molecule has 12 nitrogen and oxygen atoms in total. The largest absolute Gasteiger partial charge is 0.463 e. The van der Waals surface area contributed by atoms with Crippen LogP contribution in [0, 0.1) is 17.3 Å². The van der Waals surface area contributed by atoms with Crippen molar-refractivity contribution in [1.82, 2.24) is 14.7 Å². The van der Waals surface area contributed by atoms with Crippen LogP contribution >= 0.6 is 0 Å². The molecule has 0 bridgehead atoms. The number of likely N-dealkylation sites (N-methyl/N-ethyl adjacent to an activating group) is 1. The van der Waals surface area contributed by atoms with Crippen molar-refractivity contribution in [2.75, 3.05) is 67.1 Å². The molecule has 0 aromatic heterocycles. The number of hydrogen-bond acceptors (Lipinski definition) is 12. The minimum Gasteiger partial charge on any atom is -0.463 e. The SMILES string of the molecule is CO[C@]1(C)C[C@@H](C)CN(CCO[Si](C)(C)C(C)(C)C)[C@H](CCCN2CCCC2)COC(=O)C(C)(C)C(=O)[C@H](C)[C@H]1O[C@@H]1O[C@H](C)C[C@H](N(C)C)[C@H]1OC(=O)c1ccccc1. The number of Topliss-reactive ketones (excluding diaryl/α,β-unsaturated/α-hetero) is 1. The molecular formula is C47H81N3O9Si. The normalized spacial score (nSPS) is 31.9. The van der Waals surface area contributed by atoms with Crippen LogP contribution in [-0.4, -0.2) is 150 Å². The maximum absolute atomic E-state index is 14.8. The highest BCUT2D eigenvalue weighted by atomic mass is 28.4. The van der Waals surface area contributed by atoms with Gasteiger partial charge in [-0.15, -0.1) is 0 Å². The van der Waals surface area contributed by atoms with Crippen molar-refractivity contribution in [2.24, 2.45) is 17.3 Å². The third-order valence-electron chi connectivity index (χ3n) is 13.9. The molecule has 13 heteroatoms. The first kappa shape index (κ1) is 50.4. The lowest BCUT2D eigenvalue weighted by atomic mass is 9.74. The summed E-state index contributed by atoms with van der Waals surface area (Å²) in [4.78, 5) is 49.6. The summed E-state index contributed by atoms with van der Waals surface area (Å²) in [6, 6.07) is 8.58. The molecule has 342 valence electrons. The van der Waals surface area contributed by atoms with E-state index in [1.807, 2.05) is 38.9 Å². The molecule has 3 fully saturated rings. The molecule has 0 spiro atoms. The van der Waals surface area contributed by atoms with Gasteiger partial charge in [0.25, 0.3) is 0 Å². The van der Waals surface area contributed by atoms with E-state index < -0.39 is 55.7 Å². The van der Waals surface area contributed by atoms with E-state index in [0.717, 1.165) is 32.5 Å². The Morgan fingerprint density at radius 1 is 1.00 bits per heavy atom. The van der Waals surface area contributed by atoms with E-state index in [-0.39, 0.29) is 41.5 Å². The molecule has 1 aromatic rings. The standard InChI is InChI=1S/C47H81N3O9Si/c1-33-30-47(9,54-12)41(59-43-39(38(48(10)11)29-34(2)57-43)58-42(52)36-21-16-15-17-22-36)35(3)40(51)46(7,8)44(53)55-32-37(23-20-26-49-24-18-19-25-49)50(31-33)27-28-56-60(13,14)45(4,5)6/h15-17,21-22,33-35,37-39,41,43H,18-20,23-32H2,1-14H3/t33-,34-,35+,37-,38+,39-,41-,43+,47-/m1/s1. The summed E-state index contributed by atoms with van der Waals surface area (Å²) in [5.74, 6) is -2.13. The summed E-state index contributed by atoms with van der Waals surface area (Å²) in [6.07, 6.45) is 2.44. The van der Waals surface area contributed by atoms with E-state index in [9.17, 15) is 14.4 Å². The molecule has 9 atom stereocenters. The van der Waals surface area contributed by atoms with Crippen LogP contribution in [0.25, 0.3) is 0 Å². The Morgan fingerprint density at radius 2 is 1.65 bits per heavy atom. The van der Waals surface area contributed by atoms with Crippen LogP contribution in [0.15, 0.2) is 30.3 Å². The second-order valence-corrected chi connectivity index (χ2v) is 25.3. The van der Waals surface area contributed by atoms with Gasteiger partial charge in [0, 0.05) is 38.8 Å². The van der Waals surface area contributed by atoms with Crippen molar-refractivity contribution in [3.05, 3.63) is 35.9 Å². The summed E-state index contributed by atoms with van der Waals surface area (Å²) < 4.78 is 39.3. The van der Waals surface area contributed by atoms with Gasteiger partial charge in [0.05, 0.1) is 29.4 Å². The molecular weight excluding hydrogens is 779 g/mol. The van der Waals surface area contributed by atoms with Crippen molar-refractivity contribution in [3.63, 3.8) is 0 Å². The van der Waals surface area contributed by atoms with Gasteiger partial charge in [0.2, 0.25) is 0 Å². The van der Waals surface area contributed by atoms with Crippen molar-refractivity contribution in [2.45, 2.75) is 161 Å². The number of carbonyl (C=O) groups is 3. The maximum Gasteiger partial charge on any atom is 0.338 e. The smallest absolute Gasteiger partial charge is 0.338 e. The fourth-order valence-corrected chi connectivity index (χ4v) is 10.1. The first-order valence-electron chi connectivity index (χ1n) is 22.6. The van der Waals surface area contributed by atoms with Gasteiger partial charge in [-0.2, -0.15) is 0 Å². The number of rotatable bonds is 14. The van der Waals surface area contributed by atoms with Crippen molar-refractivity contribution >= 4 is 26.0 Å². The molecule has 0 N–H and O–H groups in total. The lowest BCUT2D eigenvalue weighted by molar-refractivity contribution is -0.295. The van der Waals surface area contributed by atoms with E-state index in [1.165, 1.54) is 12.8 Å². The number of benzene rings is 1. The minimum atomic E-state index is -2.03. The van der Waals surface area contributed by atoms with Gasteiger partial charge in [-0.1, -0.05) is 52.8 Å². The van der Waals surface area contributed by atoms with E-state index in [2.05, 4.69) is 50.6 Å². The van der Waals surface area contributed by atoms with Crippen molar-refractivity contribution in [1.29, 1.82) is 0 Å². The number of ether oxygens (including phenoxy) is 5. The summed E-state index contributed by atoms with van der Waals surface area (Å²) in [6.45, 7) is 28.0. The number of cyclic esters (lactones) is 1. The number of ketones is 1. The molecule has 1 aromatic carbocycles. The van der Waals surface area contributed by atoms with Gasteiger partial charge < -0.3 is 37.9 Å². The number of methoxy groups -OCH3 is 1. The Balaban J connectivity index is 1.72. The summed E-state index contributed by atoms with van der Waals surface area (Å²) >= 11 is 0. The fourth-order valence-electron chi connectivity index (χ4n) is 9.08. The predicted molar refractivity (Wildman–Crippen MR) is 238 cm³/mol. The average molecular weight is 860 g/mol. The third-order valence-corrected chi connectivity index (χ3v) is 18.5. The van der Waals surface area contributed by atoms with Crippen LogP contribution in [0.4, 0.5) is 0 Å². The first-order valence-corrected chi connectivity index (χ1v) is 25.5. The van der Waals surface area contributed by atoms with Gasteiger partial charge >= 0.3 is 11.9 Å². The summed E-state index contributed by atoms with van der Waals surface area (Å²) in [5, 5.41) is 0.0699. The van der Waals surface area contributed by atoms with Gasteiger partial charge in [-0.25, -0.2) is 4.79 Å². The minimum absolute atomic E-state index is 0.0629. The molecule has 0 amide bonds. The Morgan fingerprint density at radius 3 is 2.25 bits per heavy atom. The Kier molecular flexibility index (Phi) is 18.0. The molecule has 3 aliphatic rings. The van der Waals surface area contributed by atoms with E-state index >= 15 is 0 Å².